The van der Waals surface area contributed by atoms with Crippen LogP contribution in [0.3, 0.4) is 0 Å². The second kappa shape index (κ2) is 7.22. The maximum Gasteiger partial charge on any atom is 0.0717 e. The molecule has 0 bridgehead atoms. The van der Waals surface area contributed by atoms with E-state index in [4.69, 9.17) is 0 Å². The second-order valence-corrected chi connectivity index (χ2v) is 8.53. The van der Waals surface area contributed by atoms with Crippen LogP contribution in [0.1, 0.15) is 30.0 Å². The Balaban J connectivity index is 1.95. The van der Waals surface area contributed by atoms with Gasteiger partial charge in [0.15, 0.2) is 0 Å². The average molecular weight is 303 g/mol. The largest absolute Gasteiger partial charge is 0.392 e. The summed E-state index contributed by atoms with van der Waals surface area (Å²) in [5.74, 6) is 2.43. The van der Waals surface area contributed by atoms with E-state index >= 15 is 0 Å². The van der Waals surface area contributed by atoms with Crippen LogP contribution in [0, 0.1) is 0 Å². The highest BCUT2D eigenvalue weighted by atomic mass is 32.2. The van der Waals surface area contributed by atoms with Crippen LogP contribution >= 0.6 is 34.9 Å². The predicted octanol–water partition coefficient (Wildman–Crippen LogP) is 3.84. The molecule has 0 spiro atoms. The fraction of sp³-hybridized carbons (Fsp3) is 0.714. The SMILES string of the molecule is CCc1ccc(CC(O)C2SCCSC2CC)s1. The third-order valence-corrected chi connectivity index (χ3v) is 7.99. The fourth-order valence-corrected chi connectivity index (χ4v) is 6.49. The fourth-order valence-electron chi connectivity index (χ4n) is 2.34. The van der Waals surface area contributed by atoms with Crippen molar-refractivity contribution in [3.8, 4) is 0 Å². The third kappa shape index (κ3) is 3.69. The molecule has 1 aromatic heterocycles. The number of aliphatic hydroxyl groups is 1. The molecular weight excluding hydrogens is 280 g/mol. The monoisotopic (exact) mass is 302 g/mol. The lowest BCUT2D eigenvalue weighted by Crippen LogP contribution is -2.37. The summed E-state index contributed by atoms with van der Waals surface area (Å²) in [7, 11) is 0. The minimum atomic E-state index is -0.184. The zero-order valence-electron chi connectivity index (χ0n) is 11.1. The quantitative estimate of drug-likeness (QED) is 0.892. The summed E-state index contributed by atoms with van der Waals surface area (Å²) in [6.45, 7) is 4.43. The number of thioether (sulfide) groups is 2. The van der Waals surface area contributed by atoms with E-state index < -0.39 is 0 Å². The molecule has 0 radical (unpaired) electrons. The first-order valence-corrected chi connectivity index (χ1v) is 9.64. The molecule has 0 aliphatic carbocycles. The van der Waals surface area contributed by atoms with Crippen molar-refractivity contribution in [3.63, 3.8) is 0 Å². The Hall–Kier alpha value is 0.360. The standard InChI is InChI=1S/C14H22OS3/c1-3-10-5-6-11(18-10)9-12(15)14-13(4-2)16-7-8-17-14/h5-6,12-15H,3-4,7-9H2,1-2H3. The Kier molecular flexibility index (Phi) is 5.93. The van der Waals surface area contributed by atoms with E-state index in [-0.39, 0.29) is 6.10 Å². The molecule has 1 fully saturated rings. The molecule has 4 heteroatoms. The van der Waals surface area contributed by atoms with Gasteiger partial charge in [0.05, 0.1) is 6.10 Å². The highest BCUT2D eigenvalue weighted by molar-refractivity contribution is 8.07. The van der Waals surface area contributed by atoms with E-state index in [1.807, 2.05) is 34.9 Å². The molecular formula is C14H22OS3. The van der Waals surface area contributed by atoms with Gasteiger partial charge in [-0.05, 0) is 25.0 Å². The predicted molar refractivity (Wildman–Crippen MR) is 86.2 cm³/mol. The van der Waals surface area contributed by atoms with Crippen molar-refractivity contribution in [1.82, 2.24) is 0 Å². The molecule has 0 aromatic carbocycles. The summed E-state index contributed by atoms with van der Waals surface area (Å²) in [4.78, 5) is 2.76. The van der Waals surface area contributed by atoms with E-state index in [9.17, 15) is 5.11 Å². The summed E-state index contributed by atoms with van der Waals surface area (Å²) < 4.78 is 0. The highest BCUT2D eigenvalue weighted by Gasteiger charge is 2.31. The van der Waals surface area contributed by atoms with Crippen LogP contribution in [0.2, 0.25) is 0 Å². The van der Waals surface area contributed by atoms with Crippen molar-refractivity contribution < 1.29 is 5.11 Å². The smallest absolute Gasteiger partial charge is 0.0717 e. The normalized spacial score (nSPS) is 26.2. The van der Waals surface area contributed by atoms with Crippen LogP contribution in [0.25, 0.3) is 0 Å². The number of thiophene rings is 1. The van der Waals surface area contributed by atoms with Gasteiger partial charge < -0.3 is 5.11 Å². The Morgan fingerprint density at radius 2 is 1.94 bits per heavy atom. The number of rotatable bonds is 5. The summed E-state index contributed by atoms with van der Waals surface area (Å²) in [6.07, 6.45) is 2.92. The van der Waals surface area contributed by atoms with Crippen molar-refractivity contribution in [2.75, 3.05) is 11.5 Å². The molecule has 2 rings (SSSR count). The first-order chi connectivity index (χ1) is 8.74. The molecule has 3 atom stereocenters. The van der Waals surface area contributed by atoms with Gasteiger partial charge in [-0.1, -0.05) is 13.8 Å². The third-order valence-electron chi connectivity index (χ3n) is 3.35. The van der Waals surface area contributed by atoms with Gasteiger partial charge in [-0.25, -0.2) is 0 Å². The Bertz CT molecular complexity index is 364. The van der Waals surface area contributed by atoms with Crippen molar-refractivity contribution in [1.29, 1.82) is 0 Å². The van der Waals surface area contributed by atoms with Crippen LogP contribution in [-0.2, 0) is 12.8 Å². The topological polar surface area (TPSA) is 20.2 Å². The molecule has 18 heavy (non-hydrogen) atoms. The van der Waals surface area contributed by atoms with Crippen LogP contribution in [0.4, 0.5) is 0 Å². The Morgan fingerprint density at radius 1 is 1.22 bits per heavy atom. The Morgan fingerprint density at radius 3 is 2.61 bits per heavy atom. The van der Waals surface area contributed by atoms with Gasteiger partial charge >= 0.3 is 0 Å². The summed E-state index contributed by atoms with van der Waals surface area (Å²) in [6, 6.07) is 4.39. The lowest BCUT2D eigenvalue weighted by Gasteiger charge is -2.33. The molecule has 0 saturated carbocycles. The molecule has 102 valence electrons. The molecule has 1 aliphatic heterocycles. The maximum absolute atomic E-state index is 10.5. The minimum Gasteiger partial charge on any atom is -0.392 e. The average Bonchev–Trinajstić information content (AvgIpc) is 2.86. The number of aliphatic hydroxyl groups excluding tert-OH is 1. The van der Waals surface area contributed by atoms with Crippen LogP contribution in [-0.4, -0.2) is 33.2 Å². The van der Waals surface area contributed by atoms with E-state index in [0.29, 0.717) is 10.5 Å². The zero-order valence-corrected chi connectivity index (χ0v) is 13.5. The first kappa shape index (κ1) is 14.8. The van der Waals surface area contributed by atoms with Crippen molar-refractivity contribution in [2.45, 2.75) is 49.7 Å². The van der Waals surface area contributed by atoms with Gasteiger partial charge in [-0.15, -0.1) is 11.3 Å². The van der Waals surface area contributed by atoms with Gasteiger partial charge in [0.25, 0.3) is 0 Å². The summed E-state index contributed by atoms with van der Waals surface area (Å²) in [5, 5.41) is 11.5. The Labute approximate surface area is 123 Å². The van der Waals surface area contributed by atoms with Gasteiger partial charge in [-0.2, -0.15) is 23.5 Å². The zero-order chi connectivity index (χ0) is 13.0. The molecule has 1 nitrogen and oxygen atoms in total. The molecule has 2 heterocycles. The molecule has 1 N–H and O–H groups in total. The number of hydrogen-bond acceptors (Lipinski definition) is 4. The van der Waals surface area contributed by atoms with E-state index in [1.165, 1.54) is 27.7 Å². The number of hydrogen-bond donors (Lipinski definition) is 1. The molecule has 1 aliphatic rings. The lowest BCUT2D eigenvalue weighted by molar-refractivity contribution is 0.170. The highest BCUT2D eigenvalue weighted by Crippen LogP contribution is 2.36. The summed E-state index contributed by atoms with van der Waals surface area (Å²) in [5.41, 5.74) is 0. The number of aryl methyl sites for hydroxylation is 1. The van der Waals surface area contributed by atoms with Crippen LogP contribution in [0.15, 0.2) is 12.1 Å². The van der Waals surface area contributed by atoms with E-state index in [1.54, 1.807) is 0 Å². The van der Waals surface area contributed by atoms with Crippen molar-refractivity contribution >= 4 is 34.9 Å². The van der Waals surface area contributed by atoms with E-state index in [0.717, 1.165) is 12.8 Å². The molecule has 1 saturated heterocycles. The summed E-state index contributed by atoms with van der Waals surface area (Å²) >= 11 is 5.87. The van der Waals surface area contributed by atoms with E-state index in [2.05, 4.69) is 26.0 Å². The van der Waals surface area contributed by atoms with Gasteiger partial charge in [0.1, 0.15) is 0 Å². The maximum atomic E-state index is 10.5. The second-order valence-electron chi connectivity index (χ2n) is 4.65. The lowest BCUT2D eigenvalue weighted by atomic mass is 10.1. The molecule has 1 aromatic rings. The first-order valence-electron chi connectivity index (χ1n) is 6.73. The van der Waals surface area contributed by atoms with Gasteiger partial charge in [-0.3, -0.25) is 0 Å². The van der Waals surface area contributed by atoms with Crippen molar-refractivity contribution in [2.24, 2.45) is 0 Å². The minimum absolute atomic E-state index is 0.184. The van der Waals surface area contributed by atoms with Gasteiger partial charge in [0, 0.05) is 38.2 Å². The molecule has 3 unspecified atom stereocenters. The van der Waals surface area contributed by atoms with Gasteiger partial charge in [0.2, 0.25) is 0 Å². The van der Waals surface area contributed by atoms with Crippen molar-refractivity contribution in [3.05, 3.63) is 21.9 Å². The van der Waals surface area contributed by atoms with Crippen LogP contribution < -0.4 is 0 Å². The van der Waals surface area contributed by atoms with Crippen LogP contribution in [0.5, 0.6) is 0 Å². The molecule has 0 amide bonds.